The first-order chi connectivity index (χ1) is 14.1. The molecular formula is C21H13F7O2. The number of ether oxygens (including phenoxy) is 2. The second-order valence-electron chi connectivity index (χ2n) is 6.22. The van der Waals surface area contributed by atoms with Crippen molar-refractivity contribution < 1.29 is 40.2 Å². The van der Waals surface area contributed by atoms with E-state index in [1.165, 1.54) is 24.3 Å². The zero-order valence-electron chi connectivity index (χ0n) is 15.3. The highest BCUT2D eigenvalue weighted by Crippen LogP contribution is 2.37. The van der Waals surface area contributed by atoms with E-state index in [0.717, 1.165) is 6.92 Å². The van der Waals surface area contributed by atoms with E-state index < -0.39 is 53.1 Å². The summed E-state index contributed by atoms with van der Waals surface area (Å²) in [6.45, 7) is 0.0159. The van der Waals surface area contributed by atoms with Crippen LogP contribution in [0.2, 0.25) is 0 Å². The molecule has 0 unspecified atom stereocenters. The molecule has 0 spiro atoms. The molecule has 0 N–H and O–H groups in total. The standard InChI is InChI=1S/C21H13F7O2/c1-11-16(23)8-15(9-17(11)24)30-21(27,28)20-18(25)6-13(7-19(20)26)12-2-4-14(5-3-12)29-10-22/h2-9H,10H2,1H3. The number of alkyl halides is 3. The molecule has 9 heteroatoms. The third kappa shape index (κ3) is 4.34. The molecule has 0 radical (unpaired) electrons. The second kappa shape index (κ2) is 8.25. The molecule has 0 atom stereocenters. The largest absolute Gasteiger partial charge is 0.463 e. The fraction of sp³-hybridized carbons (Fsp3) is 0.143. The van der Waals surface area contributed by atoms with Crippen LogP contribution in [0.5, 0.6) is 11.5 Å². The predicted molar refractivity (Wildman–Crippen MR) is 94.0 cm³/mol. The molecule has 0 saturated heterocycles. The Hall–Kier alpha value is -3.23. The van der Waals surface area contributed by atoms with Crippen molar-refractivity contribution >= 4 is 0 Å². The molecule has 0 fully saturated rings. The van der Waals surface area contributed by atoms with Crippen molar-refractivity contribution in [3.8, 4) is 22.6 Å². The molecule has 0 aliphatic carbocycles. The Kier molecular flexibility index (Phi) is 5.91. The highest BCUT2D eigenvalue weighted by atomic mass is 19.3. The van der Waals surface area contributed by atoms with Crippen LogP contribution in [0.3, 0.4) is 0 Å². The molecule has 30 heavy (non-hydrogen) atoms. The smallest absolute Gasteiger partial charge is 0.432 e. The van der Waals surface area contributed by atoms with Crippen molar-refractivity contribution in [2.24, 2.45) is 0 Å². The summed E-state index contributed by atoms with van der Waals surface area (Å²) in [5, 5.41) is 0. The van der Waals surface area contributed by atoms with Gasteiger partial charge in [0.05, 0.1) is 0 Å². The second-order valence-corrected chi connectivity index (χ2v) is 6.22. The van der Waals surface area contributed by atoms with Gasteiger partial charge in [0, 0.05) is 17.7 Å². The van der Waals surface area contributed by atoms with Gasteiger partial charge in [0.25, 0.3) is 0 Å². The fourth-order valence-corrected chi connectivity index (χ4v) is 2.70. The van der Waals surface area contributed by atoms with E-state index >= 15 is 0 Å². The summed E-state index contributed by atoms with van der Waals surface area (Å²) in [5.74, 6) is -6.35. The summed E-state index contributed by atoms with van der Waals surface area (Å²) in [4.78, 5) is 0. The van der Waals surface area contributed by atoms with Gasteiger partial charge in [-0.2, -0.15) is 8.78 Å². The van der Waals surface area contributed by atoms with Crippen LogP contribution in [0, 0.1) is 30.2 Å². The van der Waals surface area contributed by atoms with E-state index in [1.54, 1.807) is 0 Å². The maximum atomic E-state index is 14.4. The van der Waals surface area contributed by atoms with E-state index in [9.17, 15) is 30.7 Å². The molecule has 3 rings (SSSR count). The molecule has 0 aromatic heterocycles. The Morgan fingerprint density at radius 3 is 1.77 bits per heavy atom. The van der Waals surface area contributed by atoms with Crippen LogP contribution < -0.4 is 9.47 Å². The van der Waals surface area contributed by atoms with Gasteiger partial charge >= 0.3 is 6.11 Å². The van der Waals surface area contributed by atoms with Crippen LogP contribution in [-0.2, 0) is 6.11 Å². The average Bonchev–Trinajstić information content (AvgIpc) is 2.65. The minimum Gasteiger partial charge on any atom is -0.463 e. The Morgan fingerprint density at radius 1 is 0.733 bits per heavy atom. The van der Waals surface area contributed by atoms with Crippen LogP contribution >= 0.6 is 0 Å². The molecular weight excluding hydrogens is 417 g/mol. The summed E-state index contributed by atoms with van der Waals surface area (Å²) in [7, 11) is 0. The summed E-state index contributed by atoms with van der Waals surface area (Å²) in [6, 6.07) is 7.63. The van der Waals surface area contributed by atoms with Crippen molar-refractivity contribution in [3.05, 3.63) is 82.9 Å². The van der Waals surface area contributed by atoms with Crippen LogP contribution in [0.25, 0.3) is 11.1 Å². The van der Waals surface area contributed by atoms with E-state index in [1.807, 2.05) is 0 Å². The van der Waals surface area contributed by atoms with E-state index in [4.69, 9.17) is 0 Å². The number of hydrogen-bond donors (Lipinski definition) is 0. The van der Waals surface area contributed by atoms with Crippen molar-refractivity contribution in [1.29, 1.82) is 0 Å². The van der Waals surface area contributed by atoms with Crippen LogP contribution in [0.15, 0.2) is 48.5 Å². The van der Waals surface area contributed by atoms with Gasteiger partial charge in [-0.3, -0.25) is 0 Å². The monoisotopic (exact) mass is 430 g/mol. The van der Waals surface area contributed by atoms with Gasteiger partial charge in [-0.15, -0.1) is 0 Å². The topological polar surface area (TPSA) is 18.5 Å². The lowest BCUT2D eigenvalue weighted by atomic mass is 10.0. The minimum absolute atomic E-state index is 0.0798. The van der Waals surface area contributed by atoms with Gasteiger partial charge in [0.1, 0.15) is 40.3 Å². The van der Waals surface area contributed by atoms with E-state index in [-0.39, 0.29) is 16.9 Å². The maximum Gasteiger partial charge on any atom is 0.432 e. The van der Waals surface area contributed by atoms with Crippen molar-refractivity contribution in [3.63, 3.8) is 0 Å². The van der Waals surface area contributed by atoms with Crippen LogP contribution in [0.1, 0.15) is 11.1 Å². The highest BCUT2D eigenvalue weighted by molar-refractivity contribution is 5.65. The zero-order valence-corrected chi connectivity index (χ0v) is 15.3. The molecule has 0 aliphatic heterocycles. The molecule has 0 bridgehead atoms. The zero-order chi connectivity index (χ0) is 22.1. The Balaban J connectivity index is 1.94. The van der Waals surface area contributed by atoms with Gasteiger partial charge in [-0.1, -0.05) is 12.1 Å². The van der Waals surface area contributed by atoms with Crippen molar-refractivity contribution in [2.75, 3.05) is 6.86 Å². The lowest BCUT2D eigenvalue weighted by Gasteiger charge is -2.20. The van der Waals surface area contributed by atoms with Gasteiger partial charge in [-0.25, -0.2) is 22.0 Å². The predicted octanol–water partition coefficient (Wildman–Crippen LogP) is 6.65. The van der Waals surface area contributed by atoms with Crippen LogP contribution in [-0.4, -0.2) is 6.86 Å². The summed E-state index contributed by atoms with van der Waals surface area (Å²) in [6.07, 6.45) is -4.56. The summed E-state index contributed by atoms with van der Waals surface area (Å²) >= 11 is 0. The molecule has 2 nitrogen and oxygen atoms in total. The molecule has 0 amide bonds. The molecule has 3 aromatic rings. The van der Waals surface area contributed by atoms with E-state index in [0.29, 0.717) is 24.3 Å². The highest BCUT2D eigenvalue weighted by Gasteiger charge is 2.41. The summed E-state index contributed by atoms with van der Waals surface area (Å²) in [5.41, 5.74) is -1.97. The first-order valence-electron chi connectivity index (χ1n) is 8.43. The lowest BCUT2D eigenvalue weighted by Crippen LogP contribution is -2.25. The SMILES string of the molecule is Cc1c(F)cc(OC(F)(F)c2c(F)cc(-c3ccc(OCF)cc3)cc2F)cc1F. The molecule has 0 aliphatic rings. The van der Waals surface area contributed by atoms with Gasteiger partial charge < -0.3 is 9.47 Å². The third-order valence-corrected chi connectivity index (χ3v) is 4.24. The lowest BCUT2D eigenvalue weighted by molar-refractivity contribution is -0.189. The van der Waals surface area contributed by atoms with Gasteiger partial charge in [-0.05, 0) is 42.3 Å². The number of halogens is 7. The molecule has 3 aromatic carbocycles. The number of rotatable bonds is 6. The minimum atomic E-state index is -4.56. The number of benzene rings is 3. The molecule has 158 valence electrons. The van der Waals surface area contributed by atoms with Crippen molar-refractivity contribution in [1.82, 2.24) is 0 Å². The van der Waals surface area contributed by atoms with Crippen LogP contribution in [0.4, 0.5) is 30.7 Å². The Morgan fingerprint density at radius 2 is 1.27 bits per heavy atom. The Labute approximate surface area is 166 Å². The fourth-order valence-electron chi connectivity index (χ4n) is 2.70. The van der Waals surface area contributed by atoms with E-state index in [2.05, 4.69) is 9.47 Å². The number of hydrogen-bond acceptors (Lipinski definition) is 2. The van der Waals surface area contributed by atoms with Crippen molar-refractivity contribution in [2.45, 2.75) is 13.0 Å². The molecule has 0 saturated carbocycles. The van der Waals surface area contributed by atoms with Gasteiger partial charge in [0.15, 0.2) is 0 Å². The maximum absolute atomic E-state index is 14.4. The average molecular weight is 430 g/mol. The van der Waals surface area contributed by atoms with Gasteiger partial charge in [0.2, 0.25) is 6.86 Å². The third-order valence-electron chi connectivity index (χ3n) is 4.24. The Bertz CT molecular complexity index is 1020. The first kappa shape index (κ1) is 21.5. The quantitative estimate of drug-likeness (QED) is 0.408. The summed E-state index contributed by atoms with van der Waals surface area (Å²) < 4.78 is 106. The molecule has 0 heterocycles. The normalized spacial score (nSPS) is 11.5. The first-order valence-corrected chi connectivity index (χ1v) is 8.43.